The molecule has 8 heteroatoms. The molecule has 1 aromatic heterocycles. The van der Waals surface area contributed by atoms with E-state index in [0.717, 1.165) is 0 Å². The maximum absolute atomic E-state index is 12.4. The lowest BCUT2D eigenvalue weighted by Gasteiger charge is -2.10. The van der Waals surface area contributed by atoms with Crippen molar-refractivity contribution in [1.82, 2.24) is 4.98 Å². The minimum Gasteiger partial charge on any atom is -0.389 e. The number of thiocarbonyl (C=S) groups is 1. The van der Waals surface area contributed by atoms with Crippen molar-refractivity contribution in [2.75, 3.05) is 4.72 Å². The Morgan fingerprint density at radius 3 is 2.67 bits per heavy atom. The standard InChI is InChI=1S/C13H12ClN3O2S2/c1-8-3-2-4-12(16-8)17-21(18,19)11-7-9(13(15)20)5-6-10(11)14/h2-7H,1H3,(H2,15,20)(H,16,17). The second-order valence-corrected chi connectivity index (χ2v) is 6.78. The first kappa shape index (κ1) is 15.7. The molecule has 0 amide bonds. The maximum atomic E-state index is 12.4. The zero-order valence-corrected chi connectivity index (χ0v) is 13.4. The van der Waals surface area contributed by atoms with Crippen LogP contribution >= 0.6 is 23.8 Å². The molecule has 0 saturated heterocycles. The summed E-state index contributed by atoms with van der Waals surface area (Å²) in [6.45, 7) is 1.76. The molecule has 2 rings (SSSR count). The third-order valence-corrected chi connectivity index (χ3v) is 4.70. The highest BCUT2D eigenvalue weighted by molar-refractivity contribution is 7.92. The van der Waals surface area contributed by atoms with E-state index < -0.39 is 10.0 Å². The van der Waals surface area contributed by atoms with Gasteiger partial charge in [0.05, 0.1) is 5.02 Å². The van der Waals surface area contributed by atoms with E-state index in [4.69, 9.17) is 29.6 Å². The number of nitrogens with two attached hydrogens (primary N) is 1. The Labute approximate surface area is 133 Å². The second-order valence-electron chi connectivity index (χ2n) is 4.28. The number of nitrogens with one attached hydrogen (secondary N) is 1. The number of aromatic nitrogens is 1. The highest BCUT2D eigenvalue weighted by Gasteiger charge is 2.19. The van der Waals surface area contributed by atoms with E-state index in [2.05, 4.69) is 9.71 Å². The van der Waals surface area contributed by atoms with E-state index in [1.807, 2.05) is 0 Å². The molecule has 1 heterocycles. The Hall–Kier alpha value is -1.70. The van der Waals surface area contributed by atoms with E-state index >= 15 is 0 Å². The van der Waals surface area contributed by atoms with E-state index in [9.17, 15) is 8.42 Å². The van der Waals surface area contributed by atoms with Crippen molar-refractivity contribution >= 4 is 44.6 Å². The summed E-state index contributed by atoms with van der Waals surface area (Å²) in [6.07, 6.45) is 0. The molecule has 21 heavy (non-hydrogen) atoms. The number of hydrogen-bond acceptors (Lipinski definition) is 4. The van der Waals surface area contributed by atoms with Crippen molar-refractivity contribution in [1.29, 1.82) is 0 Å². The van der Waals surface area contributed by atoms with Gasteiger partial charge < -0.3 is 5.73 Å². The molecule has 0 aliphatic carbocycles. The van der Waals surface area contributed by atoms with Crippen molar-refractivity contribution in [3.05, 3.63) is 52.7 Å². The van der Waals surface area contributed by atoms with Crippen molar-refractivity contribution in [2.24, 2.45) is 5.73 Å². The molecule has 0 aliphatic heterocycles. The predicted octanol–water partition coefficient (Wildman–Crippen LogP) is 2.48. The van der Waals surface area contributed by atoms with Crippen molar-refractivity contribution in [3.63, 3.8) is 0 Å². The van der Waals surface area contributed by atoms with Crippen LogP contribution in [-0.2, 0) is 10.0 Å². The average molecular weight is 342 g/mol. The topological polar surface area (TPSA) is 85.1 Å². The third-order valence-electron chi connectivity index (χ3n) is 2.63. The molecule has 0 unspecified atom stereocenters. The lowest BCUT2D eigenvalue weighted by molar-refractivity contribution is 0.601. The van der Waals surface area contributed by atoms with Crippen molar-refractivity contribution in [2.45, 2.75) is 11.8 Å². The van der Waals surface area contributed by atoms with Gasteiger partial charge in [0, 0.05) is 11.3 Å². The smallest absolute Gasteiger partial charge is 0.264 e. The minimum absolute atomic E-state index is 0.0788. The first-order chi connectivity index (χ1) is 9.79. The quantitative estimate of drug-likeness (QED) is 0.834. The number of pyridine rings is 1. The van der Waals surface area contributed by atoms with Gasteiger partial charge in [0.1, 0.15) is 15.7 Å². The molecular weight excluding hydrogens is 330 g/mol. The van der Waals surface area contributed by atoms with Crippen LogP contribution in [0.15, 0.2) is 41.3 Å². The van der Waals surface area contributed by atoms with Crippen LogP contribution in [-0.4, -0.2) is 18.4 Å². The number of benzene rings is 1. The number of nitrogens with zero attached hydrogens (tertiary/aromatic N) is 1. The molecule has 0 fully saturated rings. The van der Waals surface area contributed by atoms with Gasteiger partial charge in [0.15, 0.2) is 0 Å². The van der Waals surface area contributed by atoms with Crippen LogP contribution < -0.4 is 10.5 Å². The van der Waals surface area contributed by atoms with E-state index in [1.165, 1.54) is 12.1 Å². The van der Waals surface area contributed by atoms with Gasteiger partial charge in [-0.15, -0.1) is 0 Å². The Bertz CT molecular complexity index is 807. The minimum atomic E-state index is -3.88. The van der Waals surface area contributed by atoms with Crippen LogP contribution in [0.4, 0.5) is 5.82 Å². The monoisotopic (exact) mass is 341 g/mol. The summed E-state index contributed by atoms with van der Waals surface area (Å²) in [4.78, 5) is 4.08. The van der Waals surface area contributed by atoms with Gasteiger partial charge in [-0.05, 0) is 31.2 Å². The van der Waals surface area contributed by atoms with Crippen LogP contribution in [0.25, 0.3) is 0 Å². The Kier molecular flexibility index (Phi) is 4.46. The van der Waals surface area contributed by atoms with Crippen LogP contribution in [0.1, 0.15) is 11.3 Å². The van der Waals surface area contributed by atoms with Crippen LogP contribution in [0.2, 0.25) is 5.02 Å². The van der Waals surface area contributed by atoms with Crippen molar-refractivity contribution < 1.29 is 8.42 Å². The van der Waals surface area contributed by atoms with Gasteiger partial charge >= 0.3 is 0 Å². The van der Waals surface area contributed by atoms with E-state index in [1.54, 1.807) is 31.2 Å². The third kappa shape index (κ3) is 3.69. The van der Waals surface area contributed by atoms with Gasteiger partial charge in [-0.1, -0.05) is 36.0 Å². The number of rotatable bonds is 4. The van der Waals surface area contributed by atoms with Gasteiger partial charge in [-0.25, -0.2) is 13.4 Å². The second kappa shape index (κ2) is 5.97. The van der Waals surface area contributed by atoms with Gasteiger partial charge in [-0.2, -0.15) is 0 Å². The van der Waals surface area contributed by atoms with Gasteiger partial charge in [-0.3, -0.25) is 4.72 Å². The average Bonchev–Trinajstić information content (AvgIpc) is 2.38. The Morgan fingerprint density at radius 2 is 2.05 bits per heavy atom. The first-order valence-electron chi connectivity index (χ1n) is 5.85. The zero-order valence-electron chi connectivity index (χ0n) is 11.0. The fraction of sp³-hybridized carbons (Fsp3) is 0.0769. The normalized spacial score (nSPS) is 11.1. The van der Waals surface area contributed by atoms with Gasteiger partial charge in [0.25, 0.3) is 10.0 Å². The van der Waals surface area contributed by atoms with Crippen LogP contribution in [0.3, 0.4) is 0 Å². The molecule has 0 bridgehead atoms. The largest absolute Gasteiger partial charge is 0.389 e. The van der Waals surface area contributed by atoms with E-state index in [-0.39, 0.29) is 20.7 Å². The molecule has 0 atom stereocenters. The van der Waals surface area contributed by atoms with E-state index in [0.29, 0.717) is 11.3 Å². The molecule has 5 nitrogen and oxygen atoms in total. The summed E-state index contributed by atoms with van der Waals surface area (Å²) in [7, 11) is -3.88. The van der Waals surface area contributed by atoms with Crippen molar-refractivity contribution in [3.8, 4) is 0 Å². The summed E-state index contributed by atoms with van der Waals surface area (Å²) in [5.41, 5.74) is 6.63. The summed E-state index contributed by atoms with van der Waals surface area (Å²) < 4.78 is 27.2. The molecule has 0 spiro atoms. The fourth-order valence-corrected chi connectivity index (χ4v) is 3.31. The highest BCUT2D eigenvalue weighted by atomic mass is 35.5. The number of halogens is 1. The number of sulfonamides is 1. The first-order valence-corrected chi connectivity index (χ1v) is 8.12. The molecule has 2 aromatic rings. The summed E-state index contributed by atoms with van der Waals surface area (Å²) in [5, 5.41) is 0.0788. The lowest BCUT2D eigenvalue weighted by Crippen LogP contribution is -2.16. The molecule has 0 aliphatic rings. The number of hydrogen-bond donors (Lipinski definition) is 2. The molecule has 0 saturated carbocycles. The molecular formula is C13H12ClN3O2S2. The Balaban J connectivity index is 2.44. The fourth-order valence-electron chi connectivity index (χ4n) is 1.66. The van der Waals surface area contributed by atoms with Crippen LogP contribution in [0.5, 0.6) is 0 Å². The molecule has 110 valence electrons. The molecule has 3 N–H and O–H groups in total. The maximum Gasteiger partial charge on any atom is 0.264 e. The molecule has 1 aromatic carbocycles. The number of anilines is 1. The zero-order chi connectivity index (χ0) is 15.6. The Morgan fingerprint density at radius 1 is 1.33 bits per heavy atom. The highest BCUT2D eigenvalue weighted by Crippen LogP contribution is 2.24. The van der Waals surface area contributed by atoms with Gasteiger partial charge in [0.2, 0.25) is 0 Å². The molecule has 0 radical (unpaired) electrons. The lowest BCUT2D eigenvalue weighted by atomic mass is 10.2. The number of aryl methyl sites for hydroxylation is 1. The van der Waals surface area contributed by atoms with Crippen LogP contribution in [0, 0.1) is 6.92 Å². The SMILES string of the molecule is Cc1cccc(NS(=O)(=O)c2cc(C(N)=S)ccc2Cl)n1. The predicted molar refractivity (Wildman–Crippen MR) is 87.1 cm³/mol. The summed E-state index contributed by atoms with van der Waals surface area (Å²) in [6, 6.07) is 9.35. The summed E-state index contributed by atoms with van der Waals surface area (Å²) in [5.74, 6) is 0.215. The summed E-state index contributed by atoms with van der Waals surface area (Å²) >= 11 is 10.8.